The monoisotopic (exact) mass is 1010 g/mol. The molecule has 4 aromatic heterocycles. The number of carbonyl (C=O) groups excluding carboxylic acids is 1. The predicted molar refractivity (Wildman–Crippen MR) is 290 cm³/mol. The van der Waals surface area contributed by atoms with Crippen LogP contribution in [0, 0.1) is 11.3 Å². The number of likely N-dealkylation sites (tertiary alicyclic amines) is 1. The number of Topliss-reactive ketones (excluding diaryl/α,β-unsaturated/α-hetero) is 1. The molecular formula is C56H70ClN13O3. The summed E-state index contributed by atoms with van der Waals surface area (Å²) in [6.07, 6.45) is 14.1. The standard InChI is InChI=1S/C37H46ClN7O3.C19H24N6/c1-4-47-24-26(2)34(46)15-19-43-20-21-45(22-28(43)13-16-39)36-30-14-18-44(33-12-6-9-27-8-5-11-31(38)35(27)33)23-32(30)40-37(41-36)48-25-29-10-7-17-42(29)3;1-2-16-14-22-25-17(21-13-15-7-6-8-20-12-15)11-18(23-19(16)25)24-9-4-3-5-10-24/h5-6,8-9,11-12,28-29H,2,4,7,10,13-15,17-25H2,1,3H3;6-8,11-12,14,21H,2-5,9-10,13H2,1H3. The number of hydrogen-bond acceptors (Lipinski definition) is 15. The lowest BCUT2D eigenvalue weighted by atomic mass is 10.0. The number of rotatable bonds is 18. The van der Waals surface area contributed by atoms with Crippen LogP contribution in [-0.4, -0.2) is 136 Å². The van der Waals surface area contributed by atoms with Crippen LogP contribution in [-0.2, 0) is 35.5 Å². The molecule has 4 aliphatic heterocycles. The van der Waals surface area contributed by atoms with Crippen molar-refractivity contribution in [2.75, 3.05) is 99.2 Å². The molecule has 6 aromatic rings. The number of hydrogen-bond donors (Lipinski definition) is 1. The summed E-state index contributed by atoms with van der Waals surface area (Å²) in [5, 5.41) is 20.7. The average molecular weight is 1010 g/mol. The Morgan fingerprint density at radius 1 is 0.932 bits per heavy atom. The Bertz CT molecular complexity index is 2880. The SMILES string of the molecule is C=C(COCC)C(=O)CCN1CCN(c2nc(OCC3CCCN3C)nc3c2CCN(c2cccc4cccc(Cl)c24)C3)CC1CC#N.CCc1cnn2c(NCc3cccnc3)cc(N3CCCCC3)nc12. The van der Waals surface area contributed by atoms with E-state index in [2.05, 4.69) is 103 Å². The number of piperazine rings is 1. The number of ketones is 1. The van der Waals surface area contributed by atoms with Crippen molar-refractivity contribution in [2.45, 2.75) is 96.8 Å². The fourth-order valence-electron chi connectivity index (χ4n) is 10.6. The summed E-state index contributed by atoms with van der Waals surface area (Å²) in [7, 11) is 2.14. The van der Waals surface area contributed by atoms with Gasteiger partial charge in [-0.25, -0.2) is 4.98 Å². The first-order valence-corrected chi connectivity index (χ1v) is 26.6. The number of nitrogens with zero attached hydrogens (tertiary/aromatic N) is 12. The number of benzene rings is 2. The zero-order valence-electron chi connectivity index (χ0n) is 42.8. The predicted octanol–water partition coefficient (Wildman–Crippen LogP) is 8.56. The van der Waals surface area contributed by atoms with Crippen LogP contribution in [0.15, 0.2) is 85.3 Å². The fourth-order valence-corrected chi connectivity index (χ4v) is 10.9. The lowest BCUT2D eigenvalue weighted by Crippen LogP contribution is -2.54. The highest BCUT2D eigenvalue weighted by molar-refractivity contribution is 6.36. The largest absolute Gasteiger partial charge is 0.462 e. The van der Waals surface area contributed by atoms with E-state index in [1.165, 1.54) is 31.2 Å². The summed E-state index contributed by atoms with van der Waals surface area (Å²) in [6.45, 7) is 17.4. The van der Waals surface area contributed by atoms with Crippen LogP contribution in [0.25, 0.3) is 16.4 Å². The smallest absolute Gasteiger partial charge is 0.318 e. The van der Waals surface area contributed by atoms with Crippen molar-refractivity contribution in [3.8, 4) is 12.1 Å². The van der Waals surface area contributed by atoms with Crippen molar-refractivity contribution >= 4 is 56.9 Å². The van der Waals surface area contributed by atoms with Gasteiger partial charge in [-0.05, 0) is 94.6 Å². The van der Waals surface area contributed by atoms with Crippen LogP contribution in [0.4, 0.5) is 23.1 Å². The summed E-state index contributed by atoms with van der Waals surface area (Å²) in [5.74, 6) is 2.94. The van der Waals surface area contributed by atoms with Gasteiger partial charge < -0.3 is 34.4 Å². The van der Waals surface area contributed by atoms with E-state index in [0.717, 1.165) is 120 Å². The highest BCUT2D eigenvalue weighted by Gasteiger charge is 2.33. The lowest BCUT2D eigenvalue weighted by Gasteiger charge is -2.42. The molecule has 3 saturated heterocycles. The van der Waals surface area contributed by atoms with Gasteiger partial charge in [0.25, 0.3) is 0 Å². The second kappa shape index (κ2) is 24.6. The Kier molecular flexibility index (Phi) is 17.3. The topological polar surface area (TPSA) is 156 Å². The van der Waals surface area contributed by atoms with Gasteiger partial charge in [-0.1, -0.05) is 55.4 Å². The highest BCUT2D eigenvalue weighted by atomic mass is 35.5. The summed E-state index contributed by atoms with van der Waals surface area (Å²) in [5.41, 5.74) is 6.98. The minimum atomic E-state index is -0.0308. The van der Waals surface area contributed by atoms with Crippen molar-refractivity contribution in [3.63, 3.8) is 0 Å². The number of carbonyl (C=O) groups is 1. The number of piperidine rings is 1. The van der Waals surface area contributed by atoms with Crippen LogP contribution >= 0.6 is 11.6 Å². The van der Waals surface area contributed by atoms with Gasteiger partial charge in [0.05, 0.1) is 42.6 Å². The van der Waals surface area contributed by atoms with Crippen LogP contribution in [0.5, 0.6) is 6.01 Å². The number of aryl methyl sites for hydroxylation is 1. The number of pyridine rings is 1. The quantitative estimate of drug-likeness (QED) is 0.0817. The van der Waals surface area contributed by atoms with Crippen molar-refractivity contribution in [2.24, 2.45) is 0 Å². The molecule has 0 spiro atoms. The van der Waals surface area contributed by atoms with E-state index in [4.69, 9.17) is 36.0 Å². The van der Waals surface area contributed by atoms with Crippen LogP contribution in [0.1, 0.15) is 81.2 Å². The second-order valence-electron chi connectivity index (χ2n) is 19.6. The van der Waals surface area contributed by atoms with Crippen molar-refractivity contribution in [1.29, 1.82) is 5.26 Å². The van der Waals surface area contributed by atoms with E-state index in [-0.39, 0.29) is 18.4 Å². The first-order chi connectivity index (χ1) is 35.7. The Hall–Kier alpha value is -6.38. The molecule has 3 fully saturated rings. The third-order valence-corrected chi connectivity index (χ3v) is 15.1. The Morgan fingerprint density at radius 3 is 2.55 bits per heavy atom. The molecule has 2 atom stereocenters. The zero-order valence-corrected chi connectivity index (χ0v) is 43.6. The van der Waals surface area contributed by atoms with E-state index in [1.54, 1.807) is 6.20 Å². The van der Waals surface area contributed by atoms with Gasteiger partial charge in [0.2, 0.25) is 0 Å². The summed E-state index contributed by atoms with van der Waals surface area (Å²) in [4.78, 5) is 43.5. The number of ether oxygens (including phenoxy) is 2. The first-order valence-electron chi connectivity index (χ1n) is 26.3. The van der Waals surface area contributed by atoms with Crippen LogP contribution < -0.4 is 24.8 Å². The molecule has 16 nitrogen and oxygen atoms in total. The van der Waals surface area contributed by atoms with Gasteiger partial charge in [-0.15, -0.1) is 0 Å². The van der Waals surface area contributed by atoms with E-state index >= 15 is 0 Å². The number of nitrogens with one attached hydrogen (secondary N) is 1. The van der Waals surface area contributed by atoms with E-state index in [0.29, 0.717) is 69.9 Å². The van der Waals surface area contributed by atoms with Gasteiger partial charge in [0.15, 0.2) is 11.4 Å². The fraction of sp³-hybridized carbons (Fsp3) is 0.482. The molecule has 1 N–H and O–H groups in total. The minimum absolute atomic E-state index is 0.0122. The number of aromatic nitrogens is 6. The first kappa shape index (κ1) is 51.5. The Morgan fingerprint density at radius 2 is 1.78 bits per heavy atom. The Labute approximate surface area is 435 Å². The van der Waals surface area contributed by atoms with Crippen LogP contribution in [0.3, 0.4) is 0 Å². The lowest BCUT2D eigenvalue weighted by molar-refractivity contribution is -0.116. The minimum Gasteiger partial charge on any atom is -0.462 e. The van der Waals surface area contributed by atoms with Gasteiger partial charge in [0, 0.05) is 124 Å². The van der Waals surface area contributed by atoms with Gasteiger partial charge in [-0.3, -0.25) is 14.7 Å². The van der Waals surface area contributed by atoms with Gasteiger partial charge >= 0.3 is 6.01 Å². The molecule has 2 aromatic carbocycles. The van der Waals surface area contributed by atoms with E-state index in [9.17, 15) is 10.1 Å². The molecule has 4 aliphatic rings. The summed E-state index contributed by atoms with van der Waals surface area (Å²) >= 11 is 6.74. The van der Waals surface area contributed by atoms with Crippen LogP contribution in [0.2, 0.25) is 5.02 Å². The zero-order chi connectivity index (χ0) is 50.7. The molecule has 0 aliphatic carbocycles. The normalized spacial score (nSPS) is 18.3. The van der Waals surface area contributed by atoms with E-state index < -0.39 is 0 Å². The second-order valence-corrected chi connectivity index (χ2v) is 20.0. The molecule has 2 unspecified atom stereocenters. The summed E-state index contributed by atoms with van der Waals surface area (Å²) in [6, 6.07) is 21.6. The third kappa shape index (κ3) is 12.4. The van der Waals surface area contributed by atoms with Crippen molar-refractivity contribution < 1.29 is 14.3 Å². The molecule has 0 amide bonds. The van der Waals surface area contributed by atoms with Gasteiger partial charge in [-0.2, -0.15) is 24.8 Å². The molecule has 0 saturated carbocycles. The molecular weight excluding hydrogens is 938 g/mol. The maximum Gasteiger partial charge on any atom is 0.318 e. The van der Waals surface area contributed by atoms with Gasteiger partial charge in [0.1, 0.15) is 24.1 Å². The molecule has 0 bridgehead atoms. The van der Waals surface area contributed by atoms with Crippen molar-refractivity contribution in [3.05, 3.63) is 113 Å². The molecule has 384 valence electrons. The third-order valence-electron chi connectivity index (χ3n) is 14.8. The number of nitriles is 1. The molecule has 0 radical (unpaired) electrons. The molecule has 73 heavy (non-hydrogen) atoms. The van der Waals surface area contributed by atoms with E-state index in [1.807, 2.05) is 42.0 Å². The molecule has 10 rings (SSSR count). The summed E-state index contributed by atoms with van der Waals surface area (Å²) < 4.78 is 13.6. The highest BCUT2D eigenvalue weighted by Crippen LogP contribution is 2.38. The Balaban J connectivity index is 0.000000219. The number of likely N-dealkylation sites (N-methyl/N-ethyl adjacent to an activating group) is 1. The molecule has 17 heteroatoms. The molecule has 8 heterocycles. The van der Waals surface area contributed by atoms with Crippen molar-refractivity contribution in [1.82, 2.24) is 39.3 Å². The maximum atomic E-state index is 12.7. The number of halogens is 1. The number of anilines is 4. The number of fused-ring (bicyclic) bond motifs is 3. The maximum absolute atomic E-state index is 12.7. The average Bonchev–Trinajstić information content (AvgIpc) is 4.06.